The molecule has 3 rings (SSSR count). The third-order valence-corrected chi connectivity index (χ3v) is 4.51. The minimum absolute atomic E-state index is 0.0372. The van der Waals surface area contributed by atoms with Crippen LogP contribution in [0, 0.1) is 5.41 Å². The standard InChI is InChI=1S/C22H21N3O4/c1-3-29-22(27)17(14-23)21-24-18-12-8-7-11-16(18)19(13-20(26)28-2)25(21)15-9-5-4-6-10-15/h4-12,19,23H,3,13H2,1-2H3. The highest BCUT2D eigenvalue weighted by Crippen LogP contribution is 2.40. The van der Waals surface area contributed by atoms with Gasteiger partial charge in [-0.05, 0) is 31.0 Å². The number of carbonyl (C=O) groups is 2. The van der Waals surface area contributed by atoms with Crippen molar-refractivity contribution in [2.75, 3.05) is 18.6 Å². The molecule has 0 radical (unpaired) electrons. The number of anilines is 1. The van der Waals surface area contributed by atoms with E-state index in [9.17, 15) is 9.59 Å². The average molecular weight is 391 g/mol. The molecule has 0 fully saturated rings. The summed E-state index contributed by atoms with van der Waals surface area (Å²) in [7, 11) is 1.33. The summed E-state index contributed by atoms with van der Waals surface area (Å²) < 4.78 is 10.0. The van der Waals surface area contributed by atoms with Gasteiger partial charge >= 0.3 is 11.9 Å². The largest absolute Gasteiger partial charge is 0.469 e. The highest BCUT2D eigenvalue weighted by Gasteiger charge is 2.36. The summed E-state index contributed by atoms with van der Waals surface area (Å²) in [5.41, 5.74) is 2.03. The zero-order chi connectivity index (χ0) is 20.8. The van der Waals surface area contributed by atoms with Gasteiger partial charge in [0.1, 0.15) is 0 Å². The van der Waals surface area contributed by atoms with Gasteiger partial charge in [-0.25, -0.2) is 9.79 Å². The third kappa shape index (κ3) is 4.10. The van der Waals surface area contributed by atoms with Crippen molar-refractivity contribution >= 4 is 35.0 Å². The second-order valence-electron chi connectivity index (χ2n) is 6.22. The van der Waals surface area contributed by atoms with Gasteiger partial charge in [0.2, 0.25) is 0 Å². The number of para-hydroxylation sites is 2. The number of esters is 2. The fourth-order valence-electron chi connectivity index (χ4n) is 3.24. The molecule has 0 aromatic heterocycles. The van der Waals surface area contributed by atoms with E-state index >= 15 is 0 Å². The lowest BCUT2D eigenvalue weighted by atomic mass is 9.95. The van der Waals surface area contributed by atoms with Crippen molar-refractivity contribution in [2.24, 2.45) is 4.99 Å². The summed E-state index contributed by atoms with van der Waals surface area (Å²) >= 11 is 0. The summed E-state index contributed by atoms with van der Waals surface area (Å²) in [6.45, 7) is 1.84. The first kappa shape index (κ1) is 20.0. The predicted molar refractivity (Wildman–Crippen MR) is 110 cm³/mol. The van der Waals surface area contributed by atoms with Crippen LogP contribution in [0.15, 0.2) is 65.2 Å². The highest BCUT2D eigenvalue weighted by molar-refractivity contribution is 6.30. The second-order valence-corrected chi connectivity index (χ2v) is 6.22. The Morgan fingerprint density at radius 2 is 1.83 bits per heavy atom. The number of hydrogen-bond acceptors (Lipinski definition) is 7. The maximum atomic E-state index is 12.5. The first-order chi connectivity index (χ1) is 14.1. The Balaban J connectivity index is 2.23. The van der Waals surface area contributed by atoms with E-state index in [0.29, 0.717) is 11.4 Å². The number of carbonyl (C=O) groups excluding carboxylic acids is 2. The minimum Gasteiger partial charge on any atom is -0.469 e. The van der Waals surface area contributed by atoms with E-state index in [1.165, 1.54) is 7.11 Å². The molecule has 1 atom stereocenters. The molecule has 0 spiro atoms. The molecule has 7 nitrogen and oxygen atoms in total. The quantitative estimate of drug-likeness (QED) is 0.462. The number of hydrogen-bond donors (Lipinski definition) is 1. The molecule has 0 saturated carbocycles. The van der Waals surface area contributed by atoms with Crippen molar-refractivity contribution in [3.63, 3.8) is 0 Å². The molecule has 1 unspecified atom stereocenters. The molecule has 0 aliphatic carbocycles. The van der Waals surface area contributed by atoms with E-state index in [2.05, 4.69) is 10.9 Å². The SMILES string of the molecule is CCOC(=O)C(=C=N)C1=Nc2ccccc2C(CC(=O)OC)N1c1ccccc1. The third-order valence-electron chi connectivity index (χ3n) is 4.51. The van der Waals surface area contributed by atoms with Crippen LogP contribution in [-0.2, 0) is 19.1 Å². The van der Waals surface area contributed by atoms with E-state index in [4.69, 9.17) is 14.9 Å². The number of fused-ring (bicyclic) bond motifs is 1. The Kier molecular flexibility index (Phi) is 6.22. The van der Waals surface area contributed by atoms with Crippen LogP contribution in [0.1, 0.15) is 24.9 Å². The van der Waals surface area contributed by atoms with Gasteiger partial charge in [0.25, 0.3) is 0 Å². The first-order valence-corrected chi connectivity index (χ1v) is 9.16. The van der Waals surface area contributed by atoms with Crippen LogP contribution < -0.4 is 4.90 Å². The molecule has 7 heteroatoms. The zero-order valence-electron chi connectivity index (χ0n) is 16.2. The molecule has 0 amide bonds. The molecule has 2 aromatic carbocycles. The van der Waals surface area contributed by atoms with Crippen LogP contribution in [-0.4, -0.2) is 37.4 Å². The molecule has 1 aliphatic heterocycles. The number of ether oxygens (including phenoxy) is 2. The number of benzene rings is 2. The van der Waals surface area contributed by atoms with Crippen molar-refractivity contribution in [3.05, 3.63) is 65.7 Å². The van der Waals surface area contributed by atoms with Gasteiger partial charge in [-0.1, -0.05) is 36.4 Å². The van der Waals surface area contributed by atoms with Gasteiger partial charge in [-0.15, -0.1) is 0 Å². The van der Waals surface area contributed by atoms with Gasteiger partial charge in [0, 0.05) is 11.3 Å². The fourth-order valence-corrected chi connectivity index (χ4v) is 3.24. The molecule has 148 valence electrons. The Morgan fingerprint density at radius 1 is 1.14 bits per heavy atom. The molecular weight excluding hydrogens is 370 g/mol. The van der Waals surface area contributed by atoms with Gasteiger partial charge in [-0.2, -0.15) is 0 Å². The fraction of sp³-hybridized carbons (Fsp3) is 0.227. The number of nitrogens with zero attached hydrogens (tertiary/aromatic N) is 2. The molecule has 29 heavy (non-hydrogen) atoms. The monoisotopic (exact) mass is 391 g/mol. The summed E-state index contributed by atoms with van der Waals surface area (Å²) in [4.78, 5) is 31.1. The number of methoxy groups -OCH3 is 1. The first-order valence-electron chi connectivity index (χ1n) is 9.16. The van der Waals surface area contributed by atoms with Crippen molar-refractivity contribution in [2.45, 2.75) is 19.4 Å². The lowest BCUT2D eigenvalue weighted by Crippen LogP contribution is -2.41. The summed E-state index contributed by atoms with van der Waals surface area (Å²) in [6, 6.07) is 16.2. The lowest BCUT2D eigenvalue weighted by molar-refractivity contribution is -0.141. The maximum absolute atomic E-state index is 12.5. The minimum atomic E-state index is -0.696. The molecule has 1 N–H and O–H groups in total. The molecule has 1 heterocycles. The van der Waals surface area contributed by atoms with Crippen molar-refractivity contribution < 1.29 is 19.1 Å². The van der Waals surface area contributed by atoms with Gasteiger partial charge in [-0.3, -0.25) is 10.2 Å². The van der Waals surface area contributed by atoms with E-state index in [-0.39, 0.29) is 24.4 Å². The van der Waals surface area contributed by atoms with E-state index < -0.39 is 18.0 Å². The Bertz CT molecular complexity index is 994. The van der Waals surface area contributed by atoms with Gasteiger partial charge in [0.15, 0.2) is 11.4 Å². The summed E-state index contributed by atoms with van der Waals surface area (Å²) in [5.74, 6) is 1.29. The van der Waals surface area contributed by atoms with Crippen LogP contribution in [0.25, 0.3) is 0 Å². The number of nitrogens with one attached hydrogen (secondary N) is 1. The smallest absolute Gasteiger partial charge is 0.351 e. The van der Waals surface area contributed by atoms with Crippen molar-refractivity contribution in [1.29, 1.82) is 5.41 Å². The Labute approximate surface area is 168 Å². The summed E-state index contributed by atoms with van der Waals surface area (Å²) in [5, 5.41) is 7.70. The number of rotatable bonds is 6. The number of aliphatic imine (C=N–C) groups is 1. The normalized spacial score (nSPS) is 14.9. The van der Waals surface area contributed by atoms with E-state index in [1.54, 1.807) is 17.9 Å². The van der Waals surface area contributed by atoms with E-state index in [0.717, 1.165) is 5.56 Å². The average Bonchev–Trinajstić information content (AvgIpc) is 2.75. The van der Waals surface area contributed by atoms with Gasteiger partial charge in [0.05, 0.1) is 31.9 Å². The van der Waals surface area contributed by atoms with Crippen molar-refractivity contribution in [3.8, 4) is 0 Å². The summed E-state index contributed by atoms with van der Waals surface area (Å²) in [6.07, 6.45) is 0.0372. The van der Waals surface area contributed by atoms with E-state index in [1.807, 2.05) is 48.5 Å². The maximum Gasteiger partial charge on any atom is 0.351 e. The molecule has 0 bridgehead atoms. The highest BCUT2D eigenvalue weighted by atomic mass is 16.5. The molecule has 0 saturated heterocycles. The second kappa shape index (κ2) is 8.99. The predicted octanol–water partition coefficient (Wildman–Crippen LogP) is 3.58. The Morgan fingerprint density at radius 3 is 2.48 bits per heavy atom. The topological polar surface area (TPSA) is 92.1 Å². The number of amidine groups is 1. The molecule has 1 aliphatic rings. The van der Waals surface area contributed by atoms with Crippen LogP contribution in [0.5, 0.6) is 0 Å². The Hall–Kier alpha value is -3.70. The zero-order valence-corrected chi connectivity index (χ0v) is 16.2. The van der Waals surface area contributed by atoms with Crippen LogP contribution in [0.3, 0.4) is 0 Å². The van der Waals surface area contributed by atoms with Gasteiger partial charge < -0.3 is 14.4 Å². The molecule has 2 aromatic rings. The van der Waals surface area contributed by atoms with Crippen LogP contribution in [0.2, 0.25) is 0 Å². The molecular formula is C22H21N3O4. The van der Waals surface area contributed by atoms with Crippen LogP contribution >= 0.6 is 0 Å². The van der Waals surface area contributed by atoms with Crippen LogP contribution in [0.4, 0.5) is 11.4 Å². The van der Waals surface area contributed by atoms with Crippen molar-refractivity contribution in [1.82, 2.24) is 0 Å². The lowest BCUT2D eigenvalue weighted by Gasteiger charge is -2.37.